The van der Waals surface area contributed by atoms with Crippen LogP contribution in [0.1, 0.15) is 43.6 Å². The van der Waals surface area contributed by atoms with Gasteiger partial charge in [0.15, 0.2) is 11.5 Å². The van der Waals surface area contributed by atoms with Crippen molar-refractivity contribution >= 4 is 23.2 Å². The number of hydrogen-bond donors (Lipinski definition) is 0. The van der Waals surface area contributed by atoms with Crippen molar-refractivity contribution in [2.24, 2.45) is 5.92 Å². The zero-order valence-electron chi connectivity index (χ0n) is 19.5. The first-order chi connectivity index (χ1) is 15.5. The van der Waals surface area contributed by atoms with Gasteiger partial charge in [-0.05, 0) is 61.7 Å². The van der Waals surface area contributed by atoms with Crippen molar-refractivity contribution in [2.75, 3.05) is 27.3 Å². The number of carbonyl (C=O) groups excluding carboxylic acids is 2. The van der Waals surface area contributed by atoms with Crippen LogP contribution in [0, 0.1) is 5.92 Å². The van der Waals surface area contributed by atoms with E-state index in [4.69, 9.17) is 9.47 Å². The predicted molar refractivity (Wildman–Crippen MR) is 127 cm³/mol. The number of ether oxygens (including phenoxy) is 2. The first-order valence-corrected chi connectivity index (χ1v) is 12.2. The second-order valence-electron chi connectivity index (χ2n) is 8.33. The van der Waals surface area contributed by atoms with Crippen LogP contribution in [-0.4, -0.2) is 55.0 Å². The molecule has 2 aromatic rings. The highest BCUT2D eigenvalue weighted by Crippen LogP contribution is 2.32. The third-order valence-electron chi connectivity index (χ3n) is 6.04. The molecule has 1 aliphatic rings. The maximum absolute atomic E-state index is 13.4. The fraction of sp³-hybridized carbons (Fsp3) is 0.520. The summed E-state index contributed by atoms with van der Waals surface area (Å²) in [6, 6.07) is 9.94. The maximum Gasteiger partial charge on any atom is 0.242 e. The summed E-state index contributed by atoms with van der Waals surface area (Å²) in [5, 5.41) is 2.02. The standard InChI is InChI=1S/C25H34N2O4S/c1-5-18(2)27(25(29)20-9-10-20)17-24(28)26(16-21-7-6-14-32-21)13-12-19-8-11-22(30-3)23(15-19)31-4/h6-8,11,14-15,18,20H,5,9-10,12-13,16-17H2,1-4H3. The molecular formula is C25H34N2O4S. The van der Waals surface area contributed by atoms with Crippen molar-refractivity contribution in [3.63, 3.8) is 0 Å². The third-order valence-corrected chi connectivity index (χ3v) is 6.90. The minimum atomic E-state index is -0.00632. The lowest BCUT2D eigenvalue weighted by atomic mass is 10.1. The molecule has 7 heteroatoms. The van der Waals surface area contributed by atoms with E-state index in [-0.39, 0.29) is 30.3 Å². The quantitative estimate of drug-likeness (QED) is 0.474. The highest BCUT2D eigenvalue weighted by molar-refractivity contribution is 7.09. The Bertz CT molecular complexity index is 895. The van der Waals surface area contributed by atoms with Crippen LogP contribution in [0.2, 0.25) is 0 Å². The molecule has 1 fully saturated rings. The van der Waals surface area contributed by atoms with Crippen LogP contribution in [0.15, 0.2) is 35.7 Å². The first-order valence-electron chi connectivity index (χ1n) is 11.3. The van der Waals surface area contributed by atoms with E-state index in [1.807, 2.05) is 47.5 Å². The fourth-order valence-corrected chi connectivity index (χ4v) is 4.38. The lowest BCUT2D eigenvalue weighted by Gasteiger charge is -2.31. The zero-order chi connectivity index (χ0) is 23.1. The van der Waals surface area contributed by atoms with E-state index < -0.39 is 0 Å². The highest BCUT2D eigenvalue weighted by atomic mass is 32.1. The van der Waals surface area contributed by atoms with Crippen LogP contribution in [0.5, 0.6) is 11.5 Å². The number of methoxy groups -OCH3 is 2. The molecule has 1 aliphatic carbocycles. The van der Waals surface area contributed by atoms with Crippen LogP contribution in [0.4, 0.5) is 0 Å². The van der Waals surface area contributed by atoms with Gasteiger partial charge in [-0.1, -0.05) is 19.1 Å². The van der Waals surface area contributed by atoms with E-state index >= 15 is 0 Å². The molecule has 1 aromatic carbocycles. The second-order valence-corrected chi connectivity index (χ2v) is 9.36. The number of carbonyl (C=O) groups is 2. The van der Waals surface area contributed by atoms with Crippen LogP contribution >= 0.6 is 11.3 Å². The molecule has 1 heterocycles. The Hall–Kier alpha value is -2.54. The van der Waals surface area contributed by atoms with E-state index in [0.717, 1.165) is 29.7 Å². The molecule has 0 bridgehead atoms. The Morgan fingerprint density at radius 1 is 1.16 bits per heavy atom. The Labute approximate surface area is 195 Å². The Kier molecular flexibility index (Phi) is 8.56. The van der Waals surface area contributed by atoms with Crippen LogP contribution in [0.3, 0.4) is 0 Å². The highest BCUT2D eigenvalue weighted by Gasteiger charge is 2.36. The van der Waals surface area contributed by atoms with Crippen molar-refractivity contribution < 1.29 is 19.1 Å². The smallest absolute Gasteiger partial charge is 0.242 e. The summed E-state index contributed by atoms with van der Waals surface area (Å²) in [6.45, 7) is 5.35. The fourth-order valence-electron chi connectivity index (χ4n) is 3.66. The lowest BCUT2D eigenvalue weighted by Crippen LogP contribution is -2.47. The van der Waals surface area contributed by atoms with Crippen molar-refractivity contribution in [1.82, 2.24) is 9.80 Å². The van der Waals surface area contributed by atoms with Gasteiger partial charge in [-0.2, -0.15) is 0 Å². The van der Waals surface area contributed by atoms with Gasteiger partial charge in [0.25, 0.3) is 0 Å². The van der Waals surface area contributed by atoms with Gasteiger partial charge in [-0.25, -0.2) is 0 Å². The molecule has 2 amide bonds. The van der Waals surface area contributed by atoms with E-state index in [9.17, 15) is 9.59 Å². The molecular weight excluding hydrogens is 424 g/mol. The molecule has 1 unspecified atom stereocenters. The number of hydrogen-bond acceptors (Lipinski definition) is 5. The molecule has 6 nitrogen and oxygen atoms in total. The number of thiophene rings is 1. The molecule has 1 saturated carbocycles. The van der Waals surface area contributed by atoms with Crippen molar-refractivity contribution in [2.45, 2.75) is 52.1 Å². The topological polar surface area (TPSA) is 59.1 Å². The van der Waals surface area contributed by atoms with E-state index in [1.165, 1.54) is 0 Å². The summed E-state index contributed by atoms with van der Waals surface area (Å²) in [7, 11) is 3.24. The van der Waals surface area contributed by atoms with Gasteiger partial charge in [0.2, 0.25) is 11.8 Å². The Morgan fingerprint density at radius 2 is 1.91 bits per heavy atom. The predicted octanol–water partition coefficient (Wildman–Crippen LogP) is 4.37. The van der Waals surface area contributed by atoms with Gasteiger partial charge in [0.05, 0.1) is 20.8 Å². The molecule has 1 aromatic heterocycles. The summed E-state index contributed by atoms with van der Waals surface area (Å²) in [5.74, 6) is 1.59. The molecule has 0 spiro atoms. The second kappa shape index (κ2) is 11.4. The van der Waals surface area contributed by atoms with Crippen LogP contribution in [0.25, 0.3) is 0 Å². The van der Waals surface area contributed by atoms with Gasteiger partial charge in [0.1, 0.15) is 6.54 Å². The molecule has 0 saturated heterocycles. The summed E-state index contributed by atoms with van der Waals surface area (Å²) >= 11 is 1.64. The van der Waals surface area contributed by atoms with Crippen molar-refractivity contribution in [3.8, 4) is 11.5 Å². The SMILES string of the molecule is CCC(C)N(CC(=O)N(CCc1ccc(OC)c(OC)c1)Cc1cccs1)C(=O)C1CC1. The van der Waals surface area contributed by atoms with Gasteiger partial charge in [0, 0.05) is 23.4 Å². The minimum Gasteiger partial charge on any atom is -0.493 e. The Balaban J connectivity index is 1.72. The van der Waals surface area contributed by atoms with Crippen molar-refractivity contribution in [3.05, 3.63) is 46.2 Å². The van der Waals surface area contributed by atoms with Gasteiger partial charge < -0.3 is 19.3 Å². The summed E-state index contributed by atoms with van der Waals surface area (Å²) in [5.41, 5.74) is 1.07. The Morgan fingerprint density at radius 3 is 2.50 bits per heavy atom. The molecule has 0 N–H and O–H groups in total. The zero-order valence-corrected chi connectivity index (χ0v) is 20.3. The van der Waals surface area contributed by atoms with Gasteiger partial charge in [-0.3, -0.25) is 9.59 Å². The molecule has 0 aliphatic heterocycles. The lowest BCUT2D eigenvalue weighted by molar-refractivity contribution is -0.143. The number of rotatable bonds is 12. The van der Waals surface area contributed by atoms with Crippen LogP contribution < -0.4 is 9.47 Å². The number of benzene rings is 1. The molecule has 174 valence electrons. The largest absolute Gasteiger partial charge is 0.493 e. The van der Waals surface area contributed by atoms with E-state index in [0.29, 0.717) is 31.0 Å². The van der Waals surface area contributed by atoms with Gasteiger partial charge in [-0.15, -0.1) is 11.3 Å². The number of amides is 2. The summed E-state index contributed by atoms with van der Waals surface area (Å²) in [4.78, 5) is 31.0. The number of nitrogens with zero attached hydrogens (tertiary/aromatic N) is 2. The van der Waals surface area contributed by atoms with Crippen LogP contribution in [-0.2, 0) is 22.6 Å². The minimum absolute atomic E-state index is 0.00632. The molecule has 1 atom stereocenters. The van der Waals surface area contributed by atoms with Crippen molar-refractivity contribution in [1.29, 1.82) is 0 Å². The normalized spacial score (nSPS) is 14.0. The first kappa shape index (κ1) is 24.1. The third kappa shape index (κ3) is 6.25. The summed E-state index contributed by atoms with van der Waals surface area (Å²) < 4.78 is 10.7. The molecule has 0 radical (unpaired) electrons. The maximum atomic E-state index is 13.4. The van der Waals surface area contributed by atoms with E-state index in [1.54, 1.807) is 30.5 Å². The van der Waals surface area contributed by atoms with E-state index in [2.05, 4.69) is 6.92 Å². The molecule has 3 rings (SSSR count). The average Bonchev–Trinajstić information content (AvgIpc) is 3.54. The van der Waals surface area contributed by atoms with Gasteiger partial charge >= 0.3 is 0 Å². The average molecular weight is 459 g/mol. The molecule has 32 heavy (non-hydrogen) atoms. The monoisotopic (exact) mass is 458 g/mol. The summed E-state index contributed by atoms with van der Waals surface area (Å²) in [6.07, 6.45) is 3.41.